The monoisotopic (exact) mass is 464 g/mol. The Morgan fingerprint density at radius 1 is 1.03 bits per heavy atom. The van der Waals surface area contributed by atoms with Crippen LogP contribution in [0.2, 0.25) is 0 Å². The van der Waals surface area contributed by atoms with Crippen LogP contribution in [0.5, 0.6) is 0 Å². The van der Waals surface area contributed by atoms with Gasteiger partial charge in [-0.25, -0.2) is 8.42 Å². The molecule has 7 nitrogen and oxygen atoms in total. The molecule has 0 radical (unpaired) electrons. The molecule has 0 aromatic heterocycles. The highest BCUT2D eigenvalue weighted by Gasteiger charge is 2.33. The van der Waals surface area contributed by atoms with E-state index < -0.39 is 16.0 Å². The van der Waals surface area contributed by atoms with Gasteiger partial charge in [0.15, 0.2) is 6.61 Å². The van der Waals surface area contributed by atoms with Crippen molar-refractivity contribution < 1.29 is 22.7 Å². The van der Waals surface area contributed by atoms with E-state index in [9.17, 15) is 18.0 Å². The summed E-state index contributed by atoms with van der Waals surface area (Å²) in [7, 11) is -3.58. The predicted octanol–water partition coefficient (Wildman–Crippen LogP) is 3.55. The lowest BCUT2D eigenvalue weighted by Crippen LogP contribution is -2.46. The molecule has 1 unspecified atom stereocenters. The molecule has 3 rings (SSSR count). The quantitative estimate of drug-likeness (QED) is 0.576. The molecule has 0 aliphatic carbocycles. The first kappa shape index (κ1) is 24.7. The molecule has 178 valence electrons. The molecule has 2 heterocycles. The first-order valence-corrected chi connectivity index (χ1v) is 13.2. The number of amides is 1. The van der Waals surface area contributed by atoms with Crippen LogP contribution in [0.3, 0.4) is 0 Å². The first-order valence-electron chi connectivity index (χ1n) is 11.8. The van der Waals surface area contributed by atoms with Crippen LogP contribution in [0.1, 0.15) is 70.8 Å². The molecule has 1 aromatic rings. The van der Waals surface area contributed by atoms with E-state index in [2.05, 4.69) is 20.8 Å². The Kier molecular flexibility index (Phi) is 8.33. The molecule has 2 aliphatic rings. The third-order valence-electron chi connectivity index (χ3n) is 6.73. The maximum absolute atomic E-state index is 13.0. The molecule has 2 fully saturated rings. The van der Waals surface area contributed by atoms with Gasteiger partial charge in [-0.2, -0.15) is 4.31 Å². The number of ether oxygens (including phenoxy) is 1. The standard InChI is InChI=1S/C24H36N2O5S/c1-4-21-7-5-6-14-26(21)23(27)17-31-24(28)20-12-15-25(16-13-20)32(29,30)22-10-8-19(9-11-22)18(2)3/h8-11,18,20-21H,4-7,12-17H2,1-3H3. The van der Waals surface area contributed by atoms with Crippen molar-refractivity contribution in [3.05, 3.63) is 29.8 Å². The molecule has 8 heteroatoms. The lowest BCUT2D eigenvalue weighted by molar-refractivity contribution is -0.157. The summed E-state index contributed by atoms with van der Waals surface area (Å²) in [4.78, 5) is 27.1. The lowest BCUT2D eigenvalue weighted by Gasteiger charge is -2.35. The molecule has 1 atom stereocenters. The number of piperidine rings is 2. The van der Waals surface area contributed by atoms with Gasteiger partial charge in [0.05, 0.1) is 10.8 Å². The fraction of sp³-hybridized carbons (Fsp3) is 0.667. The summed E-state index contributed by atoms with van der Waals surface area (Å²) >= 11 is 0. The molecule has 0 N–H and O–H groups in total. The zero-order valence-corrected chi connectivity index (χ0v) is 20.3. The molecule has 2 aliphatic heterocycles. The van der Waals surface area contributed by atoms with Crippen molar-refractivity contribution in [2.45, 2.75) is 76.2 Å². The fourth-order valence-electron chi connectivity index (χ4n) is 4.59. The Bertz CT molecular complexity index is 889. The zero-order valence-electron chi connectivity index (χ0n) is 19.5. The molecule has 1 amide bonds. The molecule has 0 spiro atoms. The van der Waals surface area contributed by atoms with Crippen molar-refractivity contribution >= 4 is 21.9 Å². The zero-order chi connectivity index (χ0) is 23.3. The lowest BCUT2D eigenvalue weighted by atomic mass is 9.98. The van der Waals surface area contributed by atoms with Gasteiger partial charge in [0.1, 0.15) is 0 Å². The molecule has 0 saturated carbocycles. The summed E-state index contributed by atoms with van der Waals surface area (Å²) in [5.41, 5.74) is 1.09. The second-order valence-electron chi connectivity index (χ2n) is 9.15. The number of carbonyl (C=O) groups is 2. The van der Waals surface area contributed by atoms with Crippen LogP contribution in [0.15, 0.2) is 29.2 Å². The number of esters is 1. The minimum absolute atomic E-state index is 0.130. The van der Waals surface area contributed by atoms with Crippen molar-refractivity contribution in [1.82, 2.24) is 9.21 Å². The van der Waals surface area contributed by atoms with Gasteiger partial charge < -0.3 is 9.64 Å². The van der Waals surface area contributed by atoms with E-state index in [0.29, 0.717) is 18.8 Å². The van der Waals surface area contributed by atoms with Gasteiger partial charge in [0.2, 0.25) is 10.0 Å². The first-order chi connectivity index (χ1) is 15.2. The van der Waals surface area contributed by atoms with Crippen molar-refractivity contribution in [3.63, 3.8) is 0 Å². The summed E-state index contributed by atoms with van der Waals surface area (Å²) in [6, 6.07) is 7.24. The third-order valence-corrected chi connectivity index (χ3v) is 8.64. The van der Waals surface area contributed by atoms with Crippen molar-refractivity contribution in [2.75, 3.05) is 26.2 Å². The van der Waals surface area contributed by atoms with Crippen molar-refractivity contribution in [1.29, 1.82) is 0 Å². The predicted molar refractivity (Wildman–Crippen MR) is 123 cm³/mol. The average molecular weight is 465 g/mol. The van der Waals surface area contributed by atoms with E-state index in [4.69, 9.17) is 4.74 Å². The van der Waals surface area contributed by atoms with Gasteiger partial charge in [-0.1, -0.05) is 32.9 Å². The number of rotatable bonds is 7. The van der Waals surface area contributed by atoms with Crippen LogP contribution in [0.4, 0.5) is 0 Å². The second kappa shape index (κ2) is 10.8. The molecule has 0 bridgehead atoms. The Morgan fingerprint density at radius 2 is 1.69 bits per heavy atom. The molecule has 32 heavy (non-hydrogen) atoms. The summed E-state index contributed by atoms with van der Waals surface area (Å²) in [5.74, 6) is -0.569. The van der Waals surface area contributed by atoms with E-state index in [-0.39, 0.29) is 42.5 Å². The Balaban J connectivity index is 1.50. The van der Waals surface area contributed by atoms with Crippen LogP contribution < -0.4 is 0 Å². The Labute approximate surface area is 192 Å². The van der Waals surface area contributed by atoms with Gasteiger partial charge in [0, 0.05) is 25.7 Å². The SMILES string of the molecule is CCC1CCCCN1C(=O)COC(=O)C1CCN(S(=O)(=O)c2ccc(C(C)C)cc2)CC1. The van der Waals surface area contributed by atoms with Gasteiger partial charge >= 0.3 is 5.97 Å². The fourth-order valence-corrected chi connectivity index (χ4v) is 6.06. The van der Waals surface area contributed by atoms with Crippen LogP contribution in [-0.4, -0.2) is 61.8 Å². The molecule has 1 aromatic carbocycles. The second-order valence-corrected chi connectivity index (χ2v) is 11.1. The Hall–Kier alpha value is -1.93. The molecular formula is C24H36N2O5S. The van der Waals surface area contributed by atoms with Crippen LogP contribution in [0.25, 0.3) is 0 Å². The number of nitrogens with zero attached hydrogens (tertiary/aromatic N) is 2. The van der Waals surface area contributed by atoms with Gasteiger partial charge in [-0.15, -0.1) is 0 Å². The Morgan fingerprint density at radius 3 is 2.28 bits per heavy atom. The van der Waals surface area contributed by atoms with Gasteiger partial charge in [-0.05, 0) is 62.1 Å². The summed E-state index contributed by atoms with van der Waals surface area (Å²) in [6.45, 7) is 7.24. The normalized spacial score (nSPS) is 21.0. The summed E-state index contributed by atoms with van der Waals surface area (Å²) < 4.78 is 32.7. The highest BCUT2D eigenvalue weighted by Crippen LogP contribution is 2.26. The summed E-state index contributed by atoms with van der Waals surface area (Å²) in [5, 5.41) is 0. The van der Waals surface area contributed by atoms with E-state index >= 15 is 0 Å². The molecular weight excluding hydrogens is 428 g/mol. The van der Waals surface area contributed by atoms with Crippen LogP contribution in [0, 0.1) is 5.92 Å². The highest BCUT2D eigenvalue weighted by atomic mass is 32.2. The third kappa shape index (κ3) is 5.70. The summed E-state index contributed by atoms with van der Waals surface area (Å²) in [6.07, 6.45) is 4.83. The maximum Gasteiger partial charge on any atom is 0.309 e. The number of sulfonamides is 1. The van der Waals surface area contributed by atoms with E-state index in [1.807, 2.05) is 17.0 Å². The van der Waals surface area contributed by atoms with E-state index in [1.54, 1.807) is 12.1 Å². The minimum atomic E-state index is -3.58. The smallest absolute Gasteiger partial charge is 0.309 e. The van der Waals surface area contributed by atoms with Crippen LogP contribution >= 0.6 is 0 Å². The van der Waals surface area contributed by atoms with Gasteiger partial charge in [-0.3, -0.25) is 9.59 Å². The minimum Gasteiger partial charge on any atom is -0.455 e. The van der Waals surface area contributed by atoms with Gasteiger partial charge in [0.25, 0.3) is 5.91 Å². The topological polar surface area (TPSA) is 84.0 Å². The highest BCUT2D eigenvalue weighted by molar-refractivity contribution is 7.89. The average Bonchev–Trinajstić information content (AvgIpc) is 2.82. The van der Waals surface area contributed by atoms with Crippen molar-refractivity contribution in [3.8, 4) is 0 Å². The number of likely N-dealkylation sites (tertiary alicyclic amines) is 1. The van der Waals surface area contributed by atoms with E-state index in [0.717, 1.165) is 37.8 Å². The van der Waals surface area contributed by atoms with Crippen molar-refractivity contribution in [2.24, 2.45) is 5.92 Å². The number of hydrogen-bond acceptors (Lipinski definition) is 5. The maximum atomic E-state index is 13.0. The number of benzene rings is 1. The molecule has 2 saturated heterocycles. The largest absolute Gasteiger partial charge is 0.455 e. The number of carbonyl (C=O) groups excluding carboxylic acids is 2. The van der Waals surface area contributed by atoms with E-state index in [1.165, 1.54) is 4.31 Å². The number of hydrogen-bond donors (Lipinski definition) is 0. The van der Waals surface area contributed by atoms with Crippen LogP contribution in [-0.2, 0) is 24.3 Å².